The Bertz CT molecular complexity index is 527. The molecule has 0 radical (unpaired) electrons. The fourth-order valence-electron chi connectivity index (χ4n) is 1.20. The maximum atomic E-state index is 11.7. The van der Waals surface area contributed by atoms with Crippen molar-refractivity contribution in [2.24, 2.45) is 0 Å². The number of benzene rings is 1. The van der Waals surface area contributed by atoms with E-state index in [0.717, 1.165) is 0 Å². The van der Waals surface area contributed by atoms with Gasteiger partial charge in [-0.3, -0.25) is 4.79 Å². The van der Waals surface area contributed by atoms with Crippen LogP contribution in [0.3, 0.4) is 0 Å². The molecular weight excluding hydrogens is 288 g/mol. The van der Waals surface area contributed by atoms with Gasteiger partial charge in [-0.2, -0.15) is 4.98 Å². The molecule has 88 valence electrons. The number of rotatable bonds is 3. The minimum atomic E-state index is -0.226. The molecule has 7 heteroatoms. The molecule has 0 fully saturated rings. The largest absolute Gasteiger partial charge is 0.398 e. The number of anilines is 1. The minimum Gasteiger partial charge on any atom is -0.398 e. The zero-order chi connectivity index (χ0) is 12.3. The Kier molecular flexibility index (Phi) is 3.38. The standard InChI is InChI=1S/C10H9BrN4O2/c11-7-3-6(1-2-8(7)12)10(16)13-4-9-14-5-17-15-9/h1-3,5H,4,12H2,(H,13,16). The van der Waals surface area contributed by atoms with E-state index >= 15 is 0 Å². The first-order valence-electron chi connectivity index (χ1n) is 4.75. The first kappa shape index (κ1) is 11.6. The van der Waals surface area contributed by atoms with Gasteiger partial charge in [-0.1, -0.05) is 5.16 Å². The molecule has 0 atom stereocenters. The minimum absolute atomic E-state index is 0.220. The second-order valence-electron chi connectivity index (χ2n) is 3.27. The van der Waals surface area contributed by atoms with Crippen LogP contribution in [0.4, 0.5) is 5.69 Å². The monoisotopic (exact) mass is 296 g/mol. The van der Waals surface area contributed by atoms with E-state index in [9.17, 15) is 4.79 Å². The lowest BCUT2D eigenvalue weighted by atomic mass is 10.2. The van der Waals surface area contributed by atoms with E-state index in [2.05, 4.69) is 35.9 Å². The lowest BCUT2D eigenvalue weighted by Gasteiger charge is -2.04. The highest BCUT2D eigenvalue weighted by Gasteiger charge is 2.08. The molecule has 3 N–H and O–H groups in total. The predicted molar refractivity (Wildman–Crippen MR) is 64.0 cm³/mol. The Labute approximate surface area is 105 Å². The summed E-state index contributed by atoms with van der Waals surface area (Å²) in [4.78, 5) is 15.5. The van der Waals surface area contributed by atoms with E-state index in [1.165, 1.54) is 6.39 Å². The van der Waals surface area contributed by atoms with E-state index in [4.69, 9.17) is 5.73 Å². The van der Waals surface area contributed by atoms with Crippen molar-refractivity contribution in [3.05, 3.63) is 40.5 Å². The van der Waals surface area contributed by atoms with Gasteiger partial charge in [-0.25, -0.2) is 0 Å². The van der Waals surface area contributed by atoms with Gasteiger partial charge in [0, 0.05) is 15.7 Å². The summed E-state index contributed by atoms with van der Waals surface area (Å²) in [7, 11) is 0. The summed E-state index contributed by atoms with van der Waals surface area (Å²) in [5.41, 5.74) is 6.72. The smallest absolute Gasteiger partial charge is 0.251 e. The van der Waals surface area contributed by atoms with Crippen LogP contribution in [0.15, 0.2) is 33.6 Å². The molecule has 0 saturated heterocycles. The zero-order valence-corrected chi connectivity index (χ0v) is 10.3. The summed E-state index contributed by atoms with van der Waals surface area (Å²) in [6.45, 7) is 0.220. The molecule has 1 heterocycles. The third-order valence-electron chi connectivity index (χ3n) is 2.08. The average molecular weight is 297 g/mol. The fraction of sp³-hybridized carbons (Fsp3) is 0.100. The van der Waals surface area contributed by atoms with Crippen LogP contribution in [0.1, 0.15) is 16.2 Å². The lowest BCUT2D eigenvalue weighted by Crippen LogP contribution is -2.23. The van der Waals surface area contributed by atoms with E-state index in [-0.39, 0.29) is 12.5 Å². The van der Waals surface area contributed by atoms with Gasteiger partial charge in [0.15, 0.2) is 5.82 Å². The van der Waals surface area contributed by atoms with Crippen LogP contribution in [0.25, 0.3) is 0 Å². The summed E-state index contributed by atoms with van der Waals surface area (Å²) in [5.74, 6) is 0.198. The van der Waals surface area contributed by atoms with Crippen LogP contribution in [0.5, 0.6) is 0 Å². The molecule has 0 bridgehead atoms. The number of nitrogens with two attached hydrogens (primary N) is 1. The molecule has 0 aliphatic heterocycles. The molecule has 6 nitrogen and oxygen atoms in total. The third-order valence-corrected chi connectivity index (χ3v) is 2.76. The van der Waals surface area contributed by atoms with Gasteiger partial charge in [0.1, 0.15) is 0 Å². The highest BCUT2D eigenvalue weighted by Crippen LogP contribution is 2.20. The fourth-order valence-corrected chi connectivity index (χ4v) is 1.58. The Balaban J connectivity index is 2.02. The van der Waals surface area contributed by atoms with E-state index < -0.39 is 0 Å². The summed E-state index contributed by atoms with van der Waals surface area (Å²) >= 11 is 3.26. The second kappa shape index (κ2) is 4.96. The zero-order valence-electron chi connectivity index (χ0n) is 8.68. The molecule has 0 unspecified atom stereocenters. The Morgan fingerprint density at radius 2 is 2.35 bits per heavy atom. The van der Waals surface area contributed by atoms with Crippen molar-refractivity contribution in [3.63, 3.8) is 0 Å². The molecule has 1 aromatic heterocycles. The van der Waals surface area contributed by atoms with Gasteiger partial charge < -0.3 is 15.6 Å². The molecule has 1 amide bonds. The molecule has 17 heavy (non-hydrogen) atoms. The van der Waals surface area contributed by atoms with Crippen LogP contribution in [0, 0.1) is 0 Å². The number of amides is 1. The van der Waals surface area contributed by atoms with Gasteiger partial charge in [-0.05, 0) is 34.1 Å². The summed E-state index contributed by atoms with van der Waals surface area (Å²) in [6.07, 6.45) is 1.21. The molecule has 0 aliphatic carbocycles. The second-order valence-corrected chi connectivity index (χ2v) is 4.12. The predicted octanol–water partition coefficient (Wildman–Crippen LogP) is 1.34. The number of carbonyl (C=O) groups excluding carboxylic acids is 1. The molecule has 0 spiro atoms. The van der Waals surface area contributed by atoms with E-state index in [1.807, 2.05) is 0 Å². The van der Waals surface area contributed by atoms with Crippen molar-refractivity contribution in [2.45, 2.75) is 6.54 Å². The third kappa shape index (κ3) is 2.82. The first-order valence-corrected chi connectivity index (χ1v) is 5.54. The van der Waals surface area contributed by atoms with E-state index in [1.54, 1.807) is 18.2 Å². The normalized spacial score (nSPS) is 10.2. The lowest BCUT2D eigenvalue weighted by molar-refractivity contribution is 0.0949. The molecular formula is C10H9BrN4O2. The van der Waals surface area contributed by atoms with Crippen LogP contribution in [-0.2, 0) is 6.54 Å². The summed E-state index contributed by atoms with van der Waals surface area (Å²) < 4.78 is 5.24. The average Bonchev–Trinajstić information content (AvgIpc) is 2.82. The molecule has 0 saturated carbocycles. The van der Waals surface area contributed by atoms with Gasteiger partial charge in [0.2, 0.25) is 6.39 Å². The number of hydrogen-bond acceptors (Lipinski definition) is 5. The SMILES string of the molecule is Nc1ccc(C(=O)NCc2ncon2)cc1Br. The summed E-state index contributed by atoms with van der Waals surface area (Å²) in [6, 6.07) is 4.96. The van der Waals surface area contributed by atoms with Crippen molar-refractivity contribution in [3.8, 4) is 0 Å². The highest BCUT2D eigenvalue weighted by atomic mass is 79.9. The first-order chi connectivity index (χ1) is 8.16. The summed E-state index contributed by atoms with van der Waals surface area (Å²) in [5, 5.41) is 6.25. The Morgan fingerprint density at radius 3 is 3.00 bits per heavy atom. The number of nitrogens with zero attached hydrogens (tertiary/aromatic N) is 2. The van der Waals surface area contributed by atoms with Gasteiger partial charge >= 0.3 is 0 Å². The highest BCUT2D eigenvalue weighted by molar-refractivity contribution is 9.10. The number of nitrogens with one attached hydrogen (secondary N) is 1. The van der Waals surface area contributed by atoms with Crippen molar-refractivity contribution in [2.75, 3.05) is 5.73 Å². The van der Waals surface area contributed by atoms with Crippen LogP contribution in [-0.4, -0.2) is 16.0 Å². The van der Waals surface area contributed by atoms with Gasteiger partial charge in [0.05, 0.1) is 6.54 Å². The number of halogens is 1. The quantitative estimate of drug-likeness (QED) is 0.834. The number of aromatic nitrogens is 2. The van der Waals surface area contributed by atoms with Crippen LogP contribution < -0.4 is 11.1 Å². The molecule has 1 aromatic carbocycles. The maximum absolute atomic E-state index is 11.7. The van der Waals surface area contributed by atoms with Gasteiger partial charge in [0.25, 0.3) is 5.91 Å². The molecule has 0 aliphatic rings. The van der Waals surface area contributed by atoms with Crippen molar-refractivity contribution in [1.29, 1.82) is 0 Å². The van der Waals surface area contributed by atoms with Crippen molar-refractivity contribution in [1.82, 2.24) is 15.5 Å². The van der Waals surface area contributed by atoms with Crippen LogP contribution in [0.2, 0.25) is 0 Å². The number of nitrogen functional groups attached to an aromatic ring is 1. The Hall–Kier alpha value is -1.89. The van der Waals surface area contributed by atoms with Crippen molar-refractivity contribution >= 4 is 27.5 Å². The topological polar surface area (TPSA) is 94.0 Å². The van der Waals surface area contributed by atoms with Crippen molar-refractivity contribution < 1.29 is 9.32 Å². The van der Waals surface area contributed by atoms with E-state index in [0.29, 0.717) is 21.5 Å². The van der Waals surface area contributed by atoms with Crippen LogP contribution >= 0.6 is 15.9 Å². The number of carbonyl (C=O) groups is 1. The van der Waals surface area contributed by atoms with Gasteiger partial charge in [-0.15, -0.1) is 0 Å². The maximum Gasteiger partial charge on any atom is 0.251 e. The number of hydrogen-bond donors (Lipinski definition) is 2. The molecule has 2 aromatic rings. The molecule has 2 rings (SSSR count). The Morgan fingerprint density at radius 1 is 1.53 bits per heavy atom.